The molecule has 0 spiro atoms. The molecule has 4 heavy (non-hydrogen) atoms. The van der Waals surface area contributed by atoms with Gasteiger partial charge in [0.15, 0.2) is 0 Å². The van der Waals surface area contributed by atoms with Crippen LogP contribution in [0.5, 0.6) is 0 Å². The van der Waals surface area contributed by atoms with E-state index >= 15 is 0 Å². The molecule has 0 N–H and O–H groups in total. The van der Waals surface area contributed by atoms with Crippen molar-refractivity contribution in [3.63, 3.8) is 0 Å². The Labute approximate surface area is 55.7 Å². The van der Waals surface area contributed by atoms with Crippen LogP contribution in [-0.2, 0) is 40.8 Å². The molecule has 0 amide bonds. The summed E-state index contributed by atoms with van der Waals surface area (Å²) in [6, 6.07) is 0. The fourth-order valence-corrected chi connectivity index (χ4v) is 0. The van der Waals surface area contributed by atoms with Gasteiger partial charge in [0.2, 0.25) is 0 Å². The fourth-order valence-electron chi connectivity index (χ4n) is 0. The molecule has 0 aromatic carbocycles. The van der Waals surface area contributed by atoms with Crippen molar-refractivity contribution in [2.75, 3.05) is 0 Å². The molecule has 0 aromatic heterocycles. The van der Waals surface area contributed by atoms with Gasteiger partial charge in [-0.15, -0.1) is 0 Å². The van der Waals surface area contributed by atoms with Crippen LogP contribution in [0.25, 0.3) is 0 Å². The zero-order chi connectivity index (χ0) is 0. The van der Waals surface area contributed by atoms with E-state index in [9.17, 15) is 0 Å². The average molecular weight is 245 g/mol. The molecule has 0 rings (SSSR count). The van der Waals surface area contributed by atoms with Crippen molar-refractivity contribution in [3.8, 4) is 0 Å². The summed E-state index contributed by atoms with van der Waals surface area (Å²) in [6.07, 6.45) is 0. The Bertz CT molecular complexity index is 4.00. The predicted octanol–water partition coefficient (Wildman–Crippen LogP) is 1.27. The Kier molecular flexibility index (Phi) is 387. The SMILES string of the molecule is C.C.[Pd].[Pd]. The largest absolute Gasteiger partial charge is 0.0776 e. The van der Waals surface area contributed by atoms with E-state index in [4.69, 9.17) is 0 Å². The van der Waals surface area contributed by atoms with E-state index in [-0.39, 0.29) is 55.7 Å². The molecular weight excluding hydrogens is 237 g/mol. The average Bonchev–Trinajstić information content (AvgIpc) is 0. The number of rotatable bonds is 0. The van der Waals surface area contributed by atoms with Crippen molar-refractivity contribution >= 4 is 0 Å². The molecule has 2 heteroatoms. The van der Waals surface area contributed by atoms with E-state index in [1.54, 1.807) is 0 Å². The zero-order valence-electron chi connectivity index (χ0n) is 0.632. The minimum atomic E-state index is 0. The van der Waals surface area contributed by atoms with Crippen LogP contribution < -0.4 is 0 Å². The molecular formula is C2H8Pd2. The van der Waals surface area contributed by atoms with Gasteiger partial charge in [0.05, 0.1) is 0 Å². The molecule has 0 aliphatic rings. The third-order valence-electron chi connectivity index (χ3n) is 0. The second kappa shape index (κ2) is 27.2. The van der Waals surface area contributed by atoms with E-state index in [0.717, 1.165) is 0 Å². The van der Waals surface area contributed by atoms with Crippen molar-refractivity contribution in [2.24, 2.45) is 0 Å². The summed E-state index contributed by atoms with van der Waals surface area (Å²) in [5.74, 6) is 0. The van der Waals surface area contributed by atoms with Crippen LogP contribution >= 0.6 is 0 Å². The summed E-state index contributed by atoms with van der Waals surface area (Å²) < 4.78 is 0. The first-order valence-corrected chi connectivity index (χ1v) is 0. The Hall–Kier alpha value is 1.32. The summed E-state index contributed by atoms with van der Waals surface area (Å²) in [4.78, 5) is 0. The number of hydrogen-bond acceptors (Lipinski definition) is 0. The van der Waals surface area contributed by atoms with Crippen LogP contribution in [0.2, 0.25) is 0 Å². The minimum absolute atomic E-state index is 0. The van der Waals surface area contributed by atoms with Crippen LogP contribution in [0.1, 0.15) is 14.9 Å². The van der Waals surface area contributed by atoms with Crippen LogP contribution in [0.3, 0.4) is 0 Å². The molecule has 0 unspecified atom stereocenters. The molecule has 0 fully saturated rings. The Balaban J connectivity index is 0. The molecule has 0 heterocycles. The van der Waals surface area contributed by atoms with Gasteiger partial charge in [-0.25, -0.2) is 0 Å². The van der Waals surface area contributed by atoms with Crippen LogP contribution in [0.15, 0.2) is 0 Å². The van der Waals surface area contributed by atoms with Gasteiger partial charge in [0, 0.05) is 40.8 Å². The Morgan fingerprint density at radius 1 is 0.500 bits per heavy atom. The first kappa shape index (κ1) is 56.8. The maximum atomic E-state index is 0. The van der Waals surface area contributed by atoms with Gasteiger partial charge in [-0.1, -0.05) is 14.9 Å². The molecule has 0 saturated heterocycles. The third kappa shape index (κ3) is 10.2. The molecule has 0 saturated carbocycles. The molecule has 0 aromatic rings. The maximum Gasteiger partial charge on any atom is 0 e. The Morgan fingerprint density at radius 3 is 0.500 bits per heavy atom. The van der Waals surface area contributed by atoms with Gasteiger partial charge >= 0.3 is 0 Å². The van der Waals surface area contributed by atoms with Crippen LogP contribution in [0, 0.1) is 0 Å². The zero-order valence-corrected chi connectivity index (χ0v) is 3.74. The Morgan fingerprint density at radius 2 is 0.500 bits per heavy atom. The van der Waals surface area contributed by atoms with Crippen LogP contribution in [0.4, 0.5) is 0 Å². The molecule has 0 radical (unpaired) electrons. The molecule has 0 aliphatic heterocycles. The summed E-state index contributed by atoms with van der Waals surface area (Å²) in [7, 11) is 0. The van der Waals surface area contributed by atoms with E-state index in [2.05, 4.69) is 0 Å². The van der Waals surface area contributed by atoms with Gasteiger partial charge in [0.1, 0.15) is 0 Å². The smallest absolute Gasteiger partial charge is 0 e. The fraction of sp³-hybridized carbons (Fsp3) is 1.00. The summed E-state index contributed by atoms with van der Waals surface area (Å²) in [5, 5.41) is 0. The molecule has 0 aliphatic carbocycles. The van der Waals surface area contributed by atoms with Gasteiger partial charge < -0.3 is 0 Å². The first-order valence-electron chi connectivity index (χ1n) is 0. The van der Waals surface area contributed by atoms with Crippen molar-refractivity contribution < 1.29 is 40.8 Å². The van der Waals surface area contributed by atoms with Gasteiger partial charge in [0.25, 0.3) is 0 Å². The molecule has 36 valence electrons. The van der Waals surface area contributed by atoms with E-state index in [1.165, 1.54) is 0 Å². The van der Waals surface area contributed by atoms with Crippen molar-refractivity contribution in [1.82, 2.24) is 0 Å². The van der Waals surface area contributed by atoms with Crippen molar-refractivity contribution in [1.29, 1.82) is 0 Å². The van der Waals surface area contributed by atoms with Crippen molar-refractivity contribution in [2.45, 2.75) is 14.9 Å². The second-order valence-corrected chi connectivity index (χ2v) is 0. The molecule has 0 atom stereocenters. The second-order valence-electron chi connectivity index (χ2n) is 0. The summed E-state index contributed by atoms with van der Waals surface area (Å²) >= 11 is 0. The quantitative estimate of drug-likeness (QED) is 0.563. The maximum absolute atomic E-state index is 0. The van der Waals surface area contributed by atoms with E-state index < -0.39 is 0 Å². The normalized spacial score (nSPS) is 0. The van der Waals surface area contributed by atoms with E-state index in [0.29, 0.717) is 0 Å². The standard InChI is InChI=1S/2CH4.2Pd/h2*1H4;;. The van der Waals surface area contributed by atoms with Gasteiger partial charge in [-0.05, 0) is 0 Å². The van der Waals surface area contributed by atoms with Gasteiger partial charge in [-0.2, -0.15) is 0 Å². The number of hydrogen-bond donors (Lipinski definition) is 0. The summed E-state index contributed by atoms with van der Waals surface area (Å²) in [5.41, 5.74) is 0. The predicted molar refractivity (Wildman–Crippen MR) is 13.5 cm³/mol. The monoisotopic (exact) mass is 244 g/mol. The van der Waals surface area contributed by atoms with Crippen molar-refractivity contribution in [3.05, 3.63) is 0 Å². The minimum Gasteiger partial charge on any atom is -0.0776 e. The third-order valence-corrected chi connectivity index (χ3v) is 0. The van der Waals surface area contributed by atoms with Gasteiger partial charge in [-0.3, -0.25) is 0 Å². The molecule has 0 bridgehead atoms. The van der Waals surface area contributed by atoms with Crippen LogP contribution in [-0.4, -0.2) is 0 Å². The first-order chi connectivity index (χ1) is 0. The summed E-state index contributed by atoms with van der Waals surface area (Å²) in [6.45, 7) is 0. The topological polar surface area (TPSA) is 0 Å². The van der Waals surface area contributed by atoms with E-state index in [1.807, 2.05) is 0 Å². The molecule has 0 nitrogen and oxygen atoms in total.